The van der Waals surface area contributed by atoms with E-state index in [0.29, 0.717) is 32.6 Å². The van der Waals surface area contributed by atoms with Gasteiger partial charge in [-0.25, -0.2) is 0 Å². The van der Waals surface area contributed by atoms with Crippen molar-refractivity contribution in [2.45, 2.75) is 233 Å². The number of unbranched alkanes of at least 4 members (excludes halogenated alkanes) is 20. The van der Waals surface area contributed by atoms with Crippen molar-refractivity contribution in [2.24, 2.45) is 5.92 Å². The third kappa shape index (κ3) is 31.6. The fourth-order valence-electron chi connectivity index (χ4n) is 7.90. The molecule has 1 aliphatic rings. The molecule has 0 bridgehead atoms. The predicted molar refractivity (Wildman–Crippen MR) is 228 cm³/mol. The van der Waals surface area contributed by atoms with E-state index in [0.717, 1.165) is 103 Å². The molecule has 1 aliphatic heterocycles. The molecule has 318 valence electrons. The van der Waals surface area contributed by atoms with Crippen LogP contribution in [0.3, 0.4) is 0 Å². The molecule has 7 heteroatoms. The minimum Gasteiger partial charge on any atom is -0.466 e. The number of esters is 2. The van der Waals surface area contributed by atoms with E-state index in [4.69, 9.17) is 9.47 Å². The Hall–Kier alpha value is -1.63. The highest BCUT2D eigenvalue weighted by atomic mass is 16.5. The summed E-state index contributed by atoms with van der Waals surface area (Å²) in [5, 5.41) is 0. The Kier molecular flexibility index (Phi) is 35.7. The maximum atomic E-state index is 13.2. The Morgan fingerprint density at radius 1 is 0.481 bits per heavy atom. The molecular formula is C47H90N2O5. The molecule has 0 N–H and O–H groups in total. The second-order valence-corrected chi connectivity index (χ2v) is 16.7. The summed E-state index contributed by atoms with van der Waals surface area (Å²) in [6.07, 6.45) is 38.0. The van der Waals surface area contributed by atoms with Gasteiger partial charge in [-0.3, -0.25) is 19.3 Å². The molecule has 0 unspecified atom stereocenters. The Balaban J connectivity index is 2.19. The van der Waals surface area contributed by atoms with Crippen molar-refractivity contribution in [1.29, 1.82) is 0 Å². The van der Waals surface area contributed by atoms with Gasteiger partial charge in [0.25, 0.3) is 0 Å². The summed E-state index contributed by atoms with van der Waals surface area (Å²) < 4.78 is 11.1. The molecule has 1 amide bonds. The Morgan fingerprint density at radius 2 is 0.870 bits per heavy atom. The zero-order valence-electron chi connectivity index (χ0n) is 36.3. The monoisotopic (exact) mass is 763 g/mol. The van der Waals surface area contributed by atoms with E-state index < -0.39 is 0 Å². The van der Waals surface area contributed by atoms with Crippen LogP contribution in [0, 0.1) is 5.92 Å². The van der Waals surface area contributed by atoms with Crippen LogP contribution in [0.4, 0.5) is 0 Å². The van der Waals surface area contributed by atoms with Crippen molar-refractivity contribution < 1.29 is 23.9 Å². The fourth-order valence-corrected chi connectivity index (χ4v) is 7.90. The maximum absolute atomic E-state index is 13.2. The van der Waals surface area contributed by atoms with E-state index in [2.05, 4.69) is 30.6 Å². The standard InChI is InChI=1S/C47H90N2O5/c1-4-7-10-13-14-15-16-20-30-41-53-46(51)36-25-21-27-40-49(45(50)43-48-37-28-29-38-48)39-26-19-17-18-24-35-47(52)54-42-31-34-44(32-22-11-8-5-2)33-23-12-9-6-3/h44H,4-43H2,1-3H3. The first-order valence-corrected chi connectivity index (χ1v) is 23.8. The van der Waals surface area contributed by atoms with E-state index in [9.17, 15) is 14.4 Å². The summed E-state index contributed by atoms with van der Waals surface area (Å²) in [5.41, 5.74) is 0. The summed E-state index contributed by atoms with van der Waals surface area (Å²) in [7, 11) is 0. The van der Waals surface area contributed by atoms with E-state index in [1.54, 1.807) is 0 Å². The first-order valence-electron chi connectivity index (χ1n) is 23.8. The molecule has 0 spiro atoms. The normalized spacial score (nSPS) is 13.2. The van der Waals surface area contributed by atoms with Gasteiger partial charge < -0.3 is 14.4 Å². The Morgan fingerprint density at radius 3 is 1.39 bits per heavy atom. The maximum Gasteiger partial charge on any atom is 0.305 e. The van der Waals surface area contributed by atoms with E-state index in [1.165, 1.54) is 128 Å². The van der Waals surface area contributed by atoms with Crippen molar-refractivity contribution in [3.63, 3.8) is 0 Å². The average Bonchev–Trinajstić information content (AvgIpc) is 3.68. The second kappa shape index (κ2) is 38.3. The molecule has 1 rings (SSSR count). The van der Waals surface area contributed by atoms with Crippen molar-refractivity contribution in [3.05, 3.63) is 0 Å². The third-order valence-electron chi connectivity index (χ3n) is 11.5. The lowest BCUT2D eigenvalue weighted by molar-refractivity contribution is -0.144. The number of nitrogens with zero attached hydrogens (tertiary/aromatic N) is 2. The molecule has 54 heavy (non-hydrogen) atoms. The number of rotatable bonds is 40. The lowest BCUT2D eigenvalue weighted by Gasteiger charge is -2.25. The first kappa shape index (κ1) is 50.4. The molecule has 0 atom stereocenters. The van der Waals surface area contributed by atoms with E-state index in [1.807, 2.05) is 0 Å². The molecule has 0 radical (unpaired) electrons. The van der Waals surface area contributed by atoms with Gasteiger partial charge in [0.1, 0.15) is 0 Å². The van der Waals surface area contributed by atoms with Crippen LogP contribution in [-0.2, 0) is 23.9 Å². The van der Waals surface area contributed by atoms with E-state index >= 15 is 0 Å². The number of ether oxygens (including phenoxy) is 2. The third-order valence-corrected chi connectivity index (χ3v) is 11.5. The SMILES string of the molecule is CCCCCCCCCCCOC(=O)CCCCCN(CCCCCCCC(=O)OCCCC(CCCCCC)CCCCCC)C(=O)CN1CCCC1. The molecule has 0 aliphatic carbocycles. The van der Waals surface area contributed by atoms with Crippen LogP contribution in [0.1, 0.15) is 233 Å². The highest BCUT2D eigenvalue weighted by Gasteiger charge is 2.19. The van der Waals surface area contributed by atoms with Gasteiger partial charge in [0.05, 0.1) is 19.8 Å². The molecule has 0 aromatic carbocycles. The van der Waals surface area contributed by atoms with Gasteiger partial charge in [-0.05, 0) is 76.8 Å². The Bertz CT molecular complexity index is 849. The molecule has 0 aromatic rings. The van der Waals surface area contributed by atoms with Crippen LogP contribution >= 0.6 is 0 Å². The van der Waals surface area contributed by atoms with Gasteiger partial charge >= 0.3 is 11.9 Å². The zero-order valence-corrected chi connectivity index (χ0v) is 36.3. The number of amides is 1. The lowest BCUT2D eigenvalue weighted by atomic mass is 9.91. The molecule has 7 nitrogen and oxygen atoms in total. The lowest BCUT2D eigenvalue weighted by Crippen LogP contribution is -2.40. The van der Waals surface area contributed by atoms with Crippen molar-refractivity contribution in [2.75, 3.05) is 45.9 Å². The minimum absolute atomic E-state index is 0.0387. The topological polar surface area (TPSA) is 76.1 Å². The number of likely N-dealkylation sites (tertiary alicyclic amines) is 1. The van der Waals surface area contributed by atoms with Crippen molar-refractivity contribution in [1.82, 2.24) is 9.80 Å². The first-order chi connectivity index (χ1) is 26.5. The highest BCUT2D eigenvalue weighted by molar-refractivity contribution is 5.78. The van der Waals surface area contributed by atoms with Crippen LogP contribution in [0.15, 0.2) is 0 Å². The van der Waals surface area contributed by atoms with Crippen LogP contribution < -0.4 is 0 Å². The molecule has 1 fully saturated rings. The largest absolute Gasteiger partial charge is 0.466 e. The van der Waals surface area contributed by atoms with Crippen LogP contribution in [0.2, 0.25) is 0 Å². The van der Waals surface area contributed by atoms with Gasteiger partial charge in [0.2, 0.25) is 5.91 Å². The average molecular weight is 763 g/mol. The van der Waals surface area contributed by atoms with Gasteiger partial charge in [-0.15, -0.1) is 0 Å². The summed E-state index contributed by atoms with van der Waals surface area (Å²) >= 11 is 0. The summed E-state index contributed by atoms with van der Waals surface area (Å²) in [4.78, 5) is 42.2. The molecule has 1 heterocycles. The van der Waals surface area contributed by atoms with Crippen LogP contribution in [0.5, 0.6) is 0 Å². The number of carbonyl (C=O) groups is 3. The van der Waals surface area contributed by atoms with Crippen LogP contribution in [-0.4, -0.2) is 73.6 Å². The summed E-state index contributed by atoms with van der Waals surface area (Å²) in [6.45, 7) is 12.1. The summed E-state index contributed by atoms with van der Waals surface area (Å²) in [5.74, 6) is 0.927. The van der Waals surface area contributed by atoms with Crippen molar-refractivity contribution in [3.8, 4) is 0 Å². The van der Waals surface area contributed by atoms with E-state index in [-0.39, 0.29) is 17.8 Å². The van der Waals surface area contributed by atoms with Gasteiger partial charge in [-0.1, -0.05) is 162 Å². The molecular weight excluding hydrogens is 673 g/mol. The van der Waals surface area contributed by atoms with Gasteiger partial charge in [0.15, 0.2) is 0 Å². The quantitative estimate of drug-likeness (QED) is 0.0457. The zero-order chi connectivity index (χ0) is 39.2. The smallest absolute Gasteiger partial charge is 0.305 e. The molecule has 0 saturated carbocycles. The van der Waals surface area contributed by atoms with Gasteiger partial charge in [-0.2, -0.15) is 0 Å². The highest BCUT2D eigenvalue weighted by Crippen LogP contribution is 2.23. The number of hydrogen-bond donors (Lipinski definition) is 0. The predicted octanol–water partition coefficient (Wildman–Crippen LogP) is 12.8. The fraction of sp³-hybridized carbons (Fsp3) is 0.936. The number of carbonyl (C=O) groups excluding carboxylic acids is 3. The minimum atomic E-state index is -0.0741. The second-order valence-electron chi connectivity index (χ2n) is 16.7. The number of hydrogen-bond acceptors (Lipinski definition) is 6. The van der Waals surface area contributed by atoms with Gasteiger partial charge in [0, 0.05) is 25.9 Å². The summed E-state index contributed by atoms with van der Waals surface area (Å²) in [6, 6.07) is 0. The van der Waals surface area contributed by atoms with Crippen LogP contribution in [0.25, 0.3) is 0 Å². The molecule has 1 saturated heterocycles. The molecule has 0 aromatic heterocycles. The van der Waals surface area contributed by atoms with Crippen molar-refractivity contribution >= 4 is 17.8 Å². The Labute approximate surface area is 335 Å².